The second-order valence-electron chi connectivity index (χ2n) is 6.55. The highest BCUT2D eigenvalue weighted by atomic mass is 32.1. The van der Waals surface area contributed by atoms with Crippen LogP contribution in [0.25, 0.3) is 16.7 Å². The van der Waals surface area contributed by atoms with Crippen molar-refractivity contribution in [1.29, 1.82) is 0 Å². The van der Waals surface area contributed by atoms with Gasteiger partial charge in [-0.05, 0) is 73.1 Å². The van der Waals surface area contributed by atoms with Crippen molar-refractivity contribution in [2.24, 2.45) is 0 Å². The van der Waals surface area contributed by atoms with Crippen LogP contribution in [0.4, 0.5) is 5.69 Å². The monoisotopic (exact) mass is 405 g/mol. The standard InChI is InChI=1S/C21H19N5O2S/c1-3-14-6-8-15(9-7-14)26-24-17-11-13(2)16(12-18(17)25-26)22-21(29)23-20(27)19-5-4-10-28-19/h4-12H,3H2,1-2H3,(H2,22,23,27,29). The van der Waals surface area contributed by atoms with Crippen molar-refractivity contribution in [2.45, 2.75) is 20.3 Å². The van der Waals surface area contributed by atoms with Gasteiger partial charge in [0.05, 0.1) is 12.0 Å². The van der Waals surface area contributed by atoms with Crippen molar-refractivity contribution in [3.05, 3.63) is 71.7 Å². The fraction of sp³-hybridized carbons (Fsp3) is 0.143. The van der Waals surface area contributed by atoms with Crippen LogP contribution >= 0.6 is 12.2 Å². The fourth-order valence-electron chi connectivity index (χ4n) is 2.91. The molecule has 1 amide bonds. The van der Waals surface area contributed by atoms with E-state index < -0.39 is 5.91 Å². The molecule has 0 bridgehead atoms. The van der Waals surface area contributed by atoms with Crippen molar-refractivity contribution < 1.29 is 9.21 Å². The van der Waals surface area contributed by atoms with Crippen LogP contribution in [0.1, 0.15) is 28.6 Å². The smallest absolute Gasteiger partial charge is 0.293 e. The zero-order chi connectivity index (χ0) is 20.4. The van der Waals surface area contributed by atoms with Gasteiger partial charge in [-0.2, -0.15) is 4.80 Å². The Bertz CT molecular complexity index is 1180. The van der Waals surface area contributed by atoms with Gasteiger partial charge in [-0.3, -0.25) is 10.1 Å². The Hall–Kier alpha value is -3.52. The van der Waals surface area contributed by atoms with Gasteiger partial charge in [0.1, 0.15) is 11.0 Å². The van der Waals surface area contributed by atoms with Crippen LogP contribution in [0.3, 0.4) is 0 Å². The van der Waals surface area contributed by atoms with E-state index in [9.17, 15) is 4.79 Å². The third kappa shape index (κ3) is 4.02. The summed E-state index contributed by atoms with van der Waals surface area (Å²) in [6.45, 7) is 4.06. The molecular formula is C21H19N5O2S. The number of nitrogens with zero attached hydrogens (tertiary/aromatic N) is 3. The highest BCUT2D eigenvalue weighted by molar-refractivity contribution is 7.80. The Morgan fingerprint density at radius 1 is 1.14 bits per heavy atom. The van der Waals surface area contributed by atoms with Gasteiger partial charge in [-0.1, -0.05) is 19.1 Å². The third-order valence-corrected chi connectivity index (χ3v) is 4.73. The summed E-state index contributed by atoms with van der Waals surface area (Å²) in [4.78, 5) is 13.7. The van der Waals surface area contributed by atoms with E-state index in [4.69, 9.17) is 16.6 Å². The highest BCUT2D eigenvalue weighted by Crippen LogP contribution is 2.22. The minimum atomic E-state index is -0.410. The average Bonchev–Trinajstić information content (AvgIpc) is 3.38. The molecular weight excluding hydrogens is 386 g/mol. The van der Waals surface area contributed by atoms with Crippen LogP contribution < -0.4 is 10.6 Å². The predicted octanol–water partition coefficient (Wildman–Crippen LogP) is 4.01. The number of benzene rings is 2. The number of hydrogen-bond acceptors (Lipinski definition) is 5. The van der Waals surface area contributed by atoms with Gasteiger partial charge in [0, 0.05) is 5.69 Å². The van der Waals surface area contributed by atoms with Crippen molar-refractivity contribution >= 4 is 40.0 Å². The minimum Gasteiger partial charge on any atom is -0.459 e. The maximum Gasteiger partial charge on any atom is 0.293 e. The number of thiocarbonyl (C=S) groups is 1. The molecule has 146 valence electrons. The first-order chi connectivity index (χ1) is 14.0. The Labute approximate surface area is 172 Å². The molecule has 0 aliphatic carbocycles. The van der Waals surface area contributed by atoms with Crippen molar-refractivity contribution in [2.75, 3.05) is 5.32 Å². The molecule has 7 nitrogen and oxygen atoms in total. The van der Waals surface area contributed by atoms with Crippen LogP contribution in [-0.2, 0) is 6.42 Å². The lowest BCUT2D eigenvalue weighted by Crippen LogP contribution is -2.34. The molecule has 4 aromatic rings. The number of aryl methyl sites for hydroxylation is 2. The van der Waals surface area contributed by atoms with E-state index in [0.717, 1.165) is 34.4 Å². The summed E-state index contributed by atoms with van der Waals surface area (Å²) in [7, 11) is 0. The van der Waals surface area contributed by atoms with Crippen LogP contribution in [0.5, 0.6) is 0 Å². The molecule has 2 N–H and O–H groups in total. The number of carbonyl (C=O) groups is 1. The Balaban J connectivity index is 1.55. The lowest BCUT2D eigenvalue weighted by atomic mass is 10.2. The van der Waals surface area contributed by atoms with Gasteiger partial charge in [0.15, 0.2) is 10.9 Å². The van der Waals surface area contributed by atoms with Gasteiger partial charge in [-0.25, -0.2) is 0 Å². The quantitative estimate of drug-likeness (QED) is 0.499. The molecule has 0 radical (unpaired) electrons. The Kier molecular flexibility index (Phi) is 5.09. The number of rotatable bonds is 4. The molecule has 0 unspecified atom stereocenters. The summed E-state index contributed by atoms with van der Waals surface area (Å²) in [5, 5.41) is 14.9. The van der Waals surface area contributed by atoms with E-state index in [-0.39, 0.29) is 10.9 Å². The molecule has 0 saturated carbocycles. The molecule has 0 fully saturated rings. The zero-order valence-corrected chi connectivity index (χ0v) is 16.8. The topological polar surface area (TPSA) is 85.0 Å². The lowest BCUT2D eigenvalue weighted by molar-refractivity contribution is 0.0950. The second-order valence-corrected chi connectivity index (χ2v) is 6.96. The summed E-state index contributed by atoms with van der Waals surface area (Å²) >= 11 is 5.25. The Morgan fingerprint density at radius 3 is 2.52 bits per heavy atom. The molecule has 0 aliphatic rings. The number of fused-ring (bicyclic) bond motifs is 1. The summed E-state index contributed by atoms with van der Waals surface area (Å²) in [5.41, 5.74) is 5.33. The molecule has 2 aromatic carbocycles. The first-order valence-electron chi connectivity index (χ1n) is 9.16. The van der Waals surface area contributed by atoms with Gasteiger partial charge in [-0.15, -0.1) is 10.2 Å². The maximum absolute atomic E-state index is 12.1. The number of nitrogens with one attached hydrogen (secondary N) is 2. The lowest BCUT2D eigenvalue weighted by Gasteiger charge is -2.10. The van der Waals surface area contributed by atoms with E-state index in [0.29, 0.717) is 0 Å². The number of aromatic nitrogens is 3. The number of hydrogen-bond donors (Lipinski definition) is 2. The third-order valence-electron chi connectivity index (χ3n) is 4.52. The van der Waals surface area contributed by atoms with Crippen LogP contribution in [0, 0.1) is 6.92 Å². The minimum absolute atomic E-state index is 0.177. The van der Waals surface area contributed by atoms with Gasteiger partial charge in [0.25, 0.3) is 5.91 Å². The maximum atomic E-state index is 12.1. The molecule has 29 heavy (non-hydrogen) atoms. The van der Waals surface area contributed by atoms with Gasteiger partial charge >= 0.3 is 0 Å². The normalized spacial score (nSPS) is 10.8. The zero-order valence-electron chi connectivity index (χ0n) is 16.0. The van der Waals surface area contributed by atoms with Crippen molar-refractivity contribution in [3.8, 4) is 5.69 Å². The van der Waals surface area contributed by atoms with E-state index in [1.807, 2.05) is 31.2 Å². The number of furan rings is 1. The largest absolute Gasteiger partial charge is 0.459 e. The first kappa shape index (κ1) is 18.8. The average molecular weight is 405 g/mol. The SMILES string of the molecule is CCc1ccc(-n2nc3cc(C)c(NC(=S)NC(=O)c4ccco4)cc3n2)cc1. The molecule has 4 rings (SSSR count). The van der Waals surface area contributed by atoms with Gasteiger partial charge < -0.3 is 9.73 Å². The van der Waals surface area contributed by atoms with Crippen molar-refractivity contribution in [3.63, 3.8) is 0 Å². The van der Waals surface area contributed by atoms with E-state index in [1.165, 1.54) is 11.8 Å². The summed E-state index contributed by atoms with van der Waals surface area (Å²) in [6.07, 6.45) is 2.42. The van der Waals surface area contributed by atoms with Gasteiger partial charge in [0.2, 0.25) is 0 Å². The van der Waals surface area contributed by atoms with Crippen LogP contribution in [-0.4, -0.2) is 26.0 Å². The molecule has 2 aromatic heterocycles. The molecule has 0 spiro atoms. The summed E-state index contributed by atoms with van der Waals surface area (Å²) in [5.74, 6) is -0.217. The molecule has 0 atom stereocenters. The van der Waals surface area contributed by atoms with Crippen LogP contribution in [0.2, 0.25) is 0 Å². The summed E-state index contributed by atoms with van der Waals surface area (Å²) in [6, 6.07) is 15.1. The van der Waals surface area contributed by atoms with Crippen molar-refractivity contribution in [1.82, 2.24) is 20.3 Å². The summed E-state index contributed by atoms with van der Waals surface area (Å²) < 4.78 is 5.07. The molecule has 8 heteroatoms. The van der Waals surface area contributed by atoms with Crippen LogP contribution in [0.15, 0.2) is 59.2 Å². The van der Waals surface area contributed by atoms with E-state index in [1.54, 1.807) is 16.9 Å². The van der Waals surface area contributed by atoms with E-state index >= 15 is 0 Å². The number of carbonyl (C=O) groups excluding carboxylic acids is 1. The fourth-order valence-corrected chi connectivity index (χ4v) is 3.11. The van der Waals surface area contributed by atoms with E-state index in [2.05, 4.69) is 39.9 Å². The molecule has 0 aliphatic heterocycles. The predicted molar refractivity (Wildman–Crippen MR) is 115 cm³/mol. The Morgan fingerprint density at radius 2 is 1.86 bits per heavy atom. The number of amides is 1. The number of anilines is 1. The first-order valence-corrected chi connectivity index (χ1v) is 9.57. The molecule has 0 saturated heterocycles. The second kappa shape index (κ2) is 7.84. The molecule has 2 heterocycles. The highest BCUT2D eigenvalue weighted by Gasteiger charge is 2.13.